The molecule has 0 heterocycles. The summed E-state index contributed by atoms with van der Waals surface area (Å²) < 4.78 is 10.3. The van der Waals surface area contributed by atoms with Gasteiger partial charge in [0, 0.05) is 0 Å². The second kappa shape index (κ2) is 4.59. The molecule has 0 aliphatic carbocycles. The van der Waals surface area contributed by atoms with Crippen LogP contribution in [-0.4, -0.2) is 10.1 Å². The van der Waals surface area contributed by atoms with E-state index in [1.807, 2.05) is 5.16 Å². The summed E-state index contributed by atoms with van der Waals surface area (Å²) in [5, 5.41) is 2.01. The molecule has 0 aliphatic rings. The molecule has 3 nitrogen and oxygen atoms in total. The average Bonchev–Trinajstić information content (AvgIpc) is 1.82. The number of hydrogen-bond acceptors (Lipinski definition) is 3. The van der Waals surface area contributed by atoms with Gasteiger partial charge in [-0.15, -0.1) is 0 Å². The first-order valence-electron chi connectivity index (χ1n) is 2.20. The lowest BCUT2D eigenvalue weighted by atomic mass is 10.7. The quantitative estimate of drug-likeness (QED) is 0.380. The zero-order valence-corrected chi connectivity index (χ0v) is 6.60. The van der Waals surface area contributed by atoms with Crippen LogP contribution in [0.2, 0.25) is 0 Å². The maximum Gasteiger partial charge on any atom is 0.236 e. The molecule has 0 saturated carbocycles. The van der Waals surface area contributed by atoms with Crippen LogP contribution in [0.3, 0.4) is 0 Å². The molecule has 0 saturated heterocycles. The fourth-order valence-electron chi connectivity index (χ4n) is 0.285. The molecule has 1 N–H and O–H groups in total. The minimum Gasteiger partial charge on any atom is -0.342 e. The van der Waals surface area contributed by atoms with Crippen molar-refractivity contribution >= 4 is 25.4 Å². The van der Waals surface area contributed by atoms with Crippen LogP contribution >= 0.6 is 20.2 Å². The molecule has 0 aliphatic heterocycles. The van der Waals surface area contributed by atoms with E-state index < -0.39 is 8.03 Å². The minimum absolute atomic E-state index is 0.106. The average molecular weight is 163 g/mol. The largest absolute Gasteiger partial charge is 0.342 e. The van der Waals surface area contributed by atoms with Gasteiger partial charge in [0.15, 0.2) is 0 Å². The second-order valence-corrected chi connectivity index (χ2v) is 2.49. The van der Waals surface area contributed by atoms with Crippen molar-refractivity contribution in [2.24, 2.45) is 4.99 Å². The van der Waals surface area contributed by atoms with Gasteiger partial charge in [0.1, 0.15) is 5.44 Å². The molecule has 1 unspecified atom stereocenters. The molecule has 0 amide bonds. The summed E-state index contributed by atoms with van der Waals surface area (Å²) in [4.78, 5) is 11.8. The maximum absolute atomic E-state index is 10.3. The zero-order valence-electron chi connectivity index (χ0n) is 4.79. The first-order valence-corrected chi connectivity index (χ1v) is 3.96. The smallest absolute Gasteiger partial charge is 0.236 e. The van der Waals surface area contributed by atoms with E-state index in [-0.39, 0.29) is 5.44 Å². The SMILES string of the molecule is CC=C(N=C=S)[PH](=O)O. The van der Waals surface area contributed by atoms with Gasteiger partial charge in [0.2, 0.25) is 8.03 Å². The molecule has 5 heteroatoms. The van der Waals surface area contributed by atoms with Gasteiger partial charge in [-0.3, -0.25) is 4.57 Å². The third-order valence-corrected chi connectivity index (χ3v) is 1.59. The van der Waals surface area contributed by atoms with E-state index in [1.165, 1.54) is 6.08 Å². The predicted octanol–water partition coefficient (Wildman–Crippen LogP) is 1.42. The van der Waals surface area contributed by atoms with Gasteiger partial charge in [-0.2, -0.15) is 4.99 Å². The van der Waals surface area contributed by atoms with Crippen LogP contribution in [0.25, 0.3) is 0 Å². The highest BCUT2D eigenvalue weighted by Crippen LogP contribution is 2.26. The summed E-state index contributed by atoms with van der Waals surface area (Å²) in [6, 6.07) is 0. The Balaban J connectivity index is 4.37. The van der Waals surface area contributed by atoms with Crippen molar-refractivity contribution < 1.29 is 9.46 Å². The summed E-state index contributed by atoms with van der Waals surface area (Å²) >= 11 is 4.22. The van der Waals surface area contributed by atoms with Gasteiger partial charge >= 0.3 is 0 Å². The molecule has 0 aromatic carbocycles. The van der Waals surface area contributed by atoms with Gasteiger partial charge in [-0.1, -0.05) is 6.08 Å². The summed E-state index contributed by atoms with van der Waals surface area (Å²) in [6.45, 7) is 1.62. The molecule has 0 radical (unpaired) electrons. The van der Waals surface area contributed by atoms with Crippen molar-refractivity contribution in [2.75, 3.05) is 0 Å². The summed E-state index contributed by atoms with van der Waals surface area (Å²) in [5.41, 5.74) is 0.106. The van der Waals surface area contributed by atoms with Gasteiger partial charge < -0.3 is 4.89 Å². The molecule has 50 valence electrons. The Labute approximate surface area is 59.0 Å². The molecule has 0 aromatic heterocycles. The number of isothiocyanates is 1. The van der Waals surface area contributed by atoms with Crippen LogP contribution in [-0.2, 0) is 4.57 Å². The second-order valence-electron chi connectivity index (χ2n) is 1.18. The Bertz CT molecular complexity index is 191. The van der Waals surface area contributed by atoms with Crippen LogP contribution in [0.15, 0.2) is 16.5 Å². The summed E-state index contributed by atoms with van der Waals surface area (Å²) in [7, 11) is -2.67. The first kappa shape index (κ1) is 8.73. The molecule has 1 atom stereocenters. The highest BCUT2D eigenvalue weighted by atomic mass is 32.1. The topological polar surface area (TPSA) is 49.7 Å². The van der Waals surface area contributed by atoms with E-state index in [1.54, 1.807) is 6.92 Å². The Morgan fingerprint density at radius 3 is 2.67 bits per heavy atom. The molecular weight excluding hydrogens is 157 g/mol. The van der Waals surface area contributed by atoms with Crippen molar-refractivity contribution in [3.05, 3.63) is 11.5 Å². The van der Waals surface area contributed by atoms with Crippen molar-refractivity contribution in [1.29, 1.82) is 0 Å². The lowest BCUT2D eigenvalue weighted by molar-refractivity contribution is 0.509. The number of rotatable bonds is 2. The third-order valence-electron chi connectivity index (χ3n) is 0.659. The van der Waals surface area contributed by atoms with Gasteiger partial charge in [-0.25, -0.2) is 0 Å². The molecule has 0 aromatic rings. The lowest BCUT2D eigenvalue weighted by Crippen LogP contribution is -1.65. The van der Waals surface area contributed by atoms with Crippen molar-refractivity contribution in [3.8, 4) is 0 Å². The zero-order chi connectivity index (χ0) is 7.28. The number of thiocarbonyl (C=S) groups is 1. The summed E-state index contributed by atoms with van der Waals surface area (Å²) in [5.74, 6) is 0. The van der Waals surface area contributed by atoms with Crippen molar-refractivity contribution in [2.45, 2.75) is 6.92 Å². The molecule has 0 fully saturated rings. The highest BCUT2D eigenvalue weighted by Gasteiger charge is 1.96. The monoisotopic (exact) mass is 163 g/mol. The van der Waals surface area contributed by atoms with Crippen molar-refractivity contribution in [1.82, 2.24) is 0 Å². The number of hydrogen-bond donors (Lipinski definition) is 1. The molecule has 0 spiro atoms. The molecule has 0 rings (SSSR count). The van der Waals surface area contributed by atoms with Gasteiger partial charge in [0.25, 0.3) is 0 Å². The minimum atomic E-state index is -2.67. The maximum atomic E-state index is 10.3. The third kappa shape index (κ3) is 3.33. The van der Waals surface area contributed by atoms with Crippen LogP contribution in [0.1, 0.15) is 6.92 Å². The number of allylic oxidation sites excluding steroid dienone is 1. The van der Waals surface area contributed by atoms with E-state index >= 15 is 0 Å². The number of nitrogens with zero attached hydrogens (tertiary/aromatic N) is 1. The Morgan fingerprint density at radius 2 is 2.56 bits per heavy atom. The van der Waals surface area contributed by atoms with Crippen LogP contribution in [0.4, 0.5) is 0 Å². The van der Waals surface area contributed by atoms with Crippen molar-refractivity contribution in [3.63, 3.8) is 0 Å². The van der Waals surface area contributed by atoms with E-state index in [0.717, 1.165) is 0 Å². The van der Waals surface area contributed by atoms with Crippen LogP contribution in [0, 0.1) is 0 Å². The van der Waals surface area contributed by atoms with E-state index in [4.69, 9.17) is 4.89 Å². The first-order chi connectivity index (χ1) is 4.22. The Kier molecular flexibility index (Phi) is 4.46. The standard InChI is InChI=1S/C4H6NO2PS/c1-2-4(5-3-9)8(6)7/h2,8H,1H3,(H,6,7). The van der Waals surface area contributed by atoms with Gasteiger partial charge in [0.05, 0.1) is 5.16 Å². The Morgan fingerprint density at radius 1 is 2.00 bits per heavy atom. The van der Waals surface area contributed by atoms with E-state index in [9.17, 15) is 4.57 Å². The normalized spacial score (nSPS) is 14.2. The lowest BCUT2D eigenvalue weighted by Gasteiger charge is -1.87. The van der Waals surface area contributed by atoms with Gasteiger partial charge in [-0.05, 0) is 19.1 Å². The fraction of sp³-hybridized carbons (Fsp3) is 0.250. The fourth-order valence-corrected chi connectivity index (χ4v) is 0.863. The number of aliphatic imine (C=N–C) groups is 1. The molecule has 9 heavy (non-hydrogen) atoms. The van der Waals surface area contributed by atoms with Crippen LogP contribution in [0.5, 0.6) is 0 Å². The molecule has 0 bridgehead atoms. The molecular formula is C4H6NO2PS. The van der Waals surface area contributed by atoms with Crippen LogP contribution < -0.4 is 0 Å². The van der Waals surface area contributed by atoms with E-state index in [0.29, 0.717) is 0 Å². The Hall–Kier alpha value is -0.270. The summed E-state index contributed by atoms with van der Waals surface area (Å²) in [6.07, 6.45) is 1.43. The highest BCUT2D eigenvalue weighted by molar-refractivity contribution is 7.78. The predicted molar refractivity (Wildman–Crippen MR) is 40.0 cm³/mol. The van der Waals surface area contributed by atoms with E-state index in [2.05, 4.69) is 17.2 Å².